The summed E-state index contributed by atoms with van der Waals surface area (Å²) in [5.41, 5.74) is 2.70. The second-order valence-corrected chi connectivity index (χ2v) is 6.43. The van der Waals surface area contributed by atoms with E-state index in [2.05, 4.69) is 60.4 Å². The third kappa shape index (κ3) is 2.51. The minimum absolute atomic E-state index is 0.731. The van der Waals surface area contributed by atoms with E-state index in [1.807, 2.05) is 0 Å². The maximum atomic E-state index is 3.65. The maximum Gasteiger partial charge on any atom is 0.0372 e. The van der Waals surface area contributed by atoms with Gasteiger partial charge in [0, 0.05) is 43.6 Å². The van der Waals surface area contributed by atoms with E-state index in [0.29, 0.717) is 0 Å². The zero-order valence-electron chi connectivity index (χ0n) is 13.0. The SMILES string of the molecule is CCNC1CC2CCC(C1)N2c1ccc(N(C)C)cc1. The number of rotatable bonds is 4. The molecule has 1 aromatic rings. The molecule has 2 heterocycles. The largest absolute Gasteiger partial charge is 0.378 e. The highest BCUT2D eigenvalue weighted by atomic mass is 15.2. The van der Waals surface area contributed by atoms with Crippen LogP contribution in [0.25, 0.3) is 0 Å². The van der Waals surface area contributed by atoms with Gasteiger partial charge in [0.15, 0.2) is 0 Å². The van der Waals surface area contributed by atoms with Crippen molar-refractivity contribution in [2.75, 3.05) is 30.4 Å². The molecule has 2 saturated heterocycles. The quantitative estimate of drug-likeness (QED) is 0.910. The first-order valence-corrected chi connectivity index (χ1v) is 7.98. The van der Waals surface area contributed by atoms with E-state index in [0.717, 1.165) is 24.7 Å². The van der Waals surface area contributed by atoms with Gasteiger partial charge in [-0.15, -0.1) is 0 Å². The fourth-order valence-electron chi connectivity index (χ4n) is 3.98. The van der Waals surface area contributed by atoms with Crippen molar-refractivity contribution in [1.29, 1.82) is 0 Å². The molecule has 0 saturated carbocycles. The molecule has 0 amide bonds. The summed E-state index contributed by atoms with van der Waals surface area (Å²) in [6.07, 6.45) is 5.34. The molecular formula is C17H27N3. The molecule has 2 fully saturated rings. The third-order valence-corrected chi connectivity index (χ3v) is 4.89. The van der Waals surface area contributed by atoms with E-state index in [1.54, 1.807) is 0 Å². The van der Waals surface area contributed by atoms with Crippen LogP contribution in [-0.4, -0.2) is 38.8 Å². The lowest BCUT2D eigenvalue weighted by atomic mass is 9.96. The molecule has 0 aliphatic carbocycles. The van der Waals surface area contributed by atoms with Crippen LogP contribution in [0.15, 0.2) is 24.3 Å². The molecule has 110 valence electrons. The van der Waals surface area contributed by atoms with E-state index in [1.165, 1.54) is 37.1 Å². The molecule has 3 nitrogen and oxygen atoms in total. The van der Waals surface area contributed by atoms with Crippen LogP contribution in [0.2, 0.25) is 0 Å². The van der Waals surface area contributed by atoms with E-state index in [-0.39, 0.29) is 0 Å². The standard InChI is InChI=1S/C17H27N3/c1-4-18-13-11-16-9-10-17(12-13)20(16)15-7-5-14(6-8-15)19(2)3/h5-8,13,16-18H,4,9-12H2,1-3H3. The van der Waals surface area contributed by atoms with Crippen molar-refractivity contribution in [2.45, 2.75) is 50.7 Å². The molecule has 2 aliphatic heterocycles. The molecule has 0 radical (unpaired) electrons. The Kier molecular flexibility index (Phi) is 3.88. The Morgan fingerprint density at radius 1 is 1.10 bits per heavy atom. The summed E-state index contributed by atoms with van der Waals surface area (Å²) in [5.74, 6) is 0. The Morgan fingerprint density at radius 2 is 1.70 bits per heavy atom. The Hall–Kier alpha value is -1.22. The molecule has 2 atom stereocenters. The van der Waals surface area contributed by atoms with Crippen LogP contribution >= 0.6 is 0 Å². The van der Waals surface area contributed by atoms with E-state index in [9.17, 15) is 0 Å². The molecule has 3 rings (SSSR count). The van der Waals surface area contributed by atoms with Crippen LogP contribution in [0.4, 0.5) is 11.4 Å². The van der Waals surface area contributed by atoms with Gasteiger partial charge in [-0.05, 0) is 56.5 Å². The van der Waals surface area contributed by atoms with Gasteiger partial charge in [-0.2, -0.15) is 0 Å². The highest BCUT2D eigenvalue weighted by Crippen LogP contribution is 2.39. The van der Waals surface area contributed by atoms with Gasteiger partial charge < -0.3 is 15.1 Å². The summed E-state index contributed by atoms with van der Waals surface area (Å²) in [7, 11) is 4.20. The smallest absolute Gasteiger partial charge is 0.0372 e. The highest BCUT2D eigenvalue weighted by Gasteiger charge is 2.40. The van der Waals surface area contributed by atoms with Crippen molar-refractivity contribution in [3.05, 3.63) is 24.3 Å². The second-order valence-electron chi connectivity index (χ2n) is 6.43. The number of anilines is 2. The Morgan fingerprint density at radius 3 is 2.20 bits per heavy atom. The number of benzene rings is 1. The predicted octanol–water partition coefficient (Wildman–Crippen LogP) is 2.86. The first-order valence-electron chi connectivity index (χ1n) is 7.98. The number of nitrogens with zero attached hydrogens (tertiary/aromatic N) is 2. The number of hydrogen-bond acceptors (Lipinski definition) is 3. The van der Waals surface area contributed by atoms with Crippen LogP contribution < -0.4 is 15.1 Å². The number of piperidine rings is 1. The lowest BCUT2D eigenvalue weighted by molar-refractivity contribution is 0.361. The van der Waals surface area contributed by atoms with Crippen molar-refractivity contribution < 1.29 is 0 Å². The van der Waals surface area contributed by atoms with Crippen molar-refractivity contribution >= 4 is 11.4 Å². The summed E-state index contributed by atoms with van der Waals surface area (Å²) in [6.45, 7) is 3.32. The van der Waals surface area contributed by atoms with Gasteiger partial charge in [0.1, 0.15) is 0 Å². The van der Waals surface area contributed by atoms with Gasteiger partial charge in [0.05, 0.1) is 0 Å². The number of fused-ring (bicyclic) bond motifs is 2. The predicted molar refractivity (Wildman–Crippen MR) is 86.8 cm³/mol. The minimum Gasteiger partial charge on any atom is -0.378 e. The Balaban J connectivity index is 1.75. The summed E-state index contributed by atoms with van der Waals surface area (Å²) in [5, 5.41) is 3.65. The lowest BCUT2D eigenvalue weighted by Gasteiger charge is -2.41. The fourth-order valence-corrected chi connectivity index (χ4v) is 3.98. The Bertz CT molecular complexity index is 426. The van der Waals surface area contributed by atoms with Crippen LogP contribution in [0, 0.1) is 0 Å². The van der Waals surface area contributed by atoms with E-state index < -0.39 is 0 Å². The average molecular weight is 273 g/mol. The van der Waals surface area contributed by atoms with Crippen LogP contribution in [0.5, 0.6) is 0 Å². The fraction of sp³-hybridized carbons (Fsp3) is 0.647. The van der Waals surface area contributed by atoms with Gasteiger partial charge in [-0.3, -0.25) is 0 Å². The van der Waals surface area contributed by atoms with Gasteiger partial charge in [0.2, 0.25) is 0 Å². The molecule has 0 aromatic heterocycles. The summed E-state index contributed by atoms with van der Waals surface area (Å²) >= 11 is 0. The van der Waals surface area contributed by atoms with Crippen molar-refractivity contribution in [1.82, 2.24) is 5.32 Å². The van der Waals surface area contributed by atoms with Gasteiger partial charge in [-0.25, -0.2) is 0 Å². The monoisotopic (exact) mass is 273 g/mol. The normalized spacial score (nSPS) is 28.8. The third-order valence-electron chi connectivity index (χ3n) is 4.89. The number of nitrogens with one attached hydrogen (secondary N) is 1. The first-order chi connectivity index (χ1) is 9.69. The summed E-state index contributed by atoms with van der Waals surface area (Å²) in [6, 6.07) is 11.3. The zero-order valence-corrected chi connectivity index (χ0v) is 13.0. The van der Waals surface area contributed by atoms with Crippen molar-refractivity contribution in [3.8, 4) is 0 Å². The zero-order chi connectivity index (χ0) is 14.1. The highest BCUT2D eigenvalue weighted by molar-refractivity contribution is 5.57. The van der Waals surface area contributed by atoms with Gasteiger partial charge in [0.25, 0.3) is 0 Å². The van der Waals surface area contributed by atoms with Gasteiger partial charge in [-0.1, -0.05) is 6.92 Å². The van der Waals surface area contributed by atoms with Crippen LogP contribution in [-0.2, 0) is 0 Å². The summed E-state index contributed by atoms with van der Waals surface area (Å²) in [4.78, 5) is 4.85. The summed E-state index contributed by atoms with van der Waals surface area (Å²) < 4.78 is 0. The minimum atomic E-state index is 0.731. The molecule has 3 heteroatoms. The lowest BCUT2D eigenvalue weighted by Crippen LogP contribution is -2.49. The van der Waals surface area contributed by atoms with Gasteiger partial charge >= 0.3 is 0 Å². The topological polar surface area (TPSA) is 18.5 Å². The molecule has 0 spiro atoms. The Labute approximate surface area is 123 Å². The molecule has 1 N–H and O–H groups in total. The van der Waals surface area contributed by atoms with Crippen LogP contribution in [0.3, 0.4) is 0 Å². The molecule has 1 aromatic carbocycles. The van der Waals surface area contributed by atoms with Crippen molar-refractivity contribution in [3.63, 3.8) is 0 Å². The molecule has 20 heavy (non-hydrogen) atoms. The average Bonchev–Trinajstić information content (AvgIpc) is 2.71. The molecule has 2 bridgehead atoms. The van der Waals surface area contributed by atoms with Crippen LogP contribution in [0.1, 0.15) is 32.6 Å². The van der Waals surface area contributed by atoms with E-state index in [4.69, 9.17) is 0 Å². The molecule has 2 aliphatic rings. The van der Waals surface area contributed by atoms with E-state index >= 15 is 0 Å². The first kappa shape index (κ1) is 13.7. The van der Waals surface area contributed by atoms with Crippen molar-refractivity contribution in [2.24, 2.45) is 0 Å². The molecular weight excluding hydrogens is 246 g/mol. The number of hydrogen-bond donors (Lipinski definition) is 1. The second kappa shape index (κ2) is 5.65. The molecule has 2 unspecified atom stereocenters. The maximum absolute atomic E-state index is 3.65.